The Kier molecular flexibility index (Phi) is 4.96. The quantitative estimate of drug-likeness (QED) is 0.667. The summed E-state index contributed by atoms with van der Waals surface area (Å²) in [4.78, 5) is 15.9. The number of carbonyl (C=O) groups is 1. The van der Waals surface area contributed by atoms with Gasteiger partial charge < -0.3 is 15.6 Å². The Morgan fingerprint density at radius 1 is 1.04 bits per heavy atom. The van der Waals surface area contributed by atoms with E-state index in [0.717, 1.165) is 27.1 Å². The average molecular weight is 341 g/mol. The monoisotopic (exact) mass is 341 g/mol. The number of carbonyl (C=O) groups excluding carboxylic acids is 1. The lowest BCUT2D eigenvalue weighted by Crippen LogP contribution is -2.34. The van der Waals surface area contributed by atoms with E-state index in [-0.39, 0.29) is 6.03 Å². The smallest absolute Gasteiger partial charge is 0.315 e. The molecule has 3 N–H and O–H groups in total. The van der Waals surface area contributed by atoms with Gasteiger partial charge in [-0.3, -0.25) is 4.21 Å². The van der Waals surface area contributed by atoms with Gasteiger partial charge in [-0.05, 0) is 35.2 Å². The Bertz CT molecular complexity index is 838. The third-order valence-corrected chi connectivity index (χ3v) is 4.67. The molecule has 0 spiro atoms. The maximum Gasteiger partial charge on any atom is 0.315 e. The van der Waals surface area contributed by atoms with Crippen molar-refractivity contribution in [3.05, 3.63) is 65.9 Å². The van der Waals surface area contributed by atoms with Crippen LogP contribution in [0.5, 0.6) is 0 Å². The van der Waals surface area contributed by atoms with Crippen LogP contribution in [-0.2, 0) is 23.9 Å². The Morgan fingerprint density at radius 2 is 1.75 bits per heavy atom. The second-order valence-electron chi connectivity index (χ2n) is 5.52. The molecular formula is C18H19N3O2S. The van der Waals surface area contributed by atoms with Crippen molar-refractivity contribution in [3.8, 4) is 0 Å². The first-order chi connectivity index (χ1) is 11.6. The molecule has 0 bridgehead atoms. The van der Waals surface area contributed by atoms with E-state index in [2.05, 4.69) is 15.6 Å². The van der Waals surface area contributed by atoms with Crippen molar-refractivity contribution in [1.82, 2.24) is 15.6 Å². The molecule has 1 unspecified atom stereocenters. The molecule has 2 aromatic carbocycles. The van der Waals surface area contributed by atoms with E-state index in [1.807, 2.05) is 54.6 Å². The molecule has 5 nitrogen and oxygen atoms in total. The van der Waals surface area contributed by atoms with E-state index in [9.17, 15) is 9.00 Å². The number of H-pyrrole nitrogens is 1. The Morgan fingerprint density at radius 3 is 2.46 bits per heavy atom. The summed E-state index contributed by atoms with van der Waals surface area (Å²) in [6.07, 6.45) is 1.64. The lowest BCUT2D eigenvalue weighted by atomic mass is 10.2. The van der Waals surface area contributed by atoms with Gasteiger partial charge in [0.25, 0.3) is 0 Å². The number of nitrogens with one attached hydrogen (secondary N) is 3. The predicted octanol–water partition coefficient (Wildman–Crippen LogP) is 2.90. The highest BCUT2D eigenvalue weighted by atomic mass is 32.2. The van der Waals surface area contributed by atoms with Crippen LogP contribution in [-0.4, -0.2) is 21.5 Å². The van der Waals surface area contributed by atoms with E-state index >= 15 is 0 Å². The molecule has 6 heteroatoms. The molecule has 0 aliphatic heterocycles. The largest absolute Gasteiger partial charge is 0.357 e. The number of benzene rings is 2. The zero-order chi connectivity index (χ0) is 16.9. The van der Waals surface area contributed by atoms with E-state index in [4.69, 9.17) is 0 Å². The van der Waals surface area contributed by atoms with Crippen molar-refractivity contribution in [1.29, 1.82) is 0 Å². The second kappa shape index (κ2) is 7.31. The Balaban J connectivity index is 1.49. The number of hydrogen-bond donors (Lipinski definition) is 3. The zero-order valence-corrected chi connectivity index (χ0v) is 14.2. The van der Waals surface area contributed by atoms with Crippen LogP contribution in [0.4, 0.5) is 4.79 Å². The Labute approximate surface area is 142 Å². The lowest BCUT2D eigenvalue weighted by molar-refractivity contribution is 0.240. The lowest BCUT2D eigenvalue weighted by Gasteiger charge is -2.07. The number of hydrogen-bond acceptors (Lipinski definition) is 2. The van der Waals surface area contributed by atoms with Gasteiger partial charge in [-0.25, -0.2) is 4.79 Å². The fraction of sp³-hybridized carbons (Fsp3) is 0.167. The molecule has 0 saturated carbocycles. The third-order valence-electron chi connectivity index (χ3n) is 3.73. The van der Waals surface area contributed by atoms with E-state index < -0.39 is 10.8 Å². The van der Waals surface area contributed by atoms with Gasteiger partial charge in [0.15, 0.2) is 0 Å². The number of aromatic amines is 1. The van der Waals surface area contributed by atoms with Crippen molar-refractivity contribution in [3.63, 3.8) is 0 Å². The summed E-state index contributed by atoms with van der Waals surface area (Å²) in [5.41, 5.74) is 2.98. The fourth-order valence-corrected chi connectivity index (χ4v) is 2.97. The van der Waals surface area contributed by atoms with Crippen LogP contribution in [0.15, 0.2) is 59.5 Å². The normalized spacial score (nSPS) is 12.0. The van der Waals surface area contributed by atoms with Crippen LogP contribution in [0.3, 0.4) is 0 Å². The summed E-state index contributed by atoms with van der Waals surface area (Å²) < 4.78 is 11.3. The van der Waals surface area contributed by atoms with Gasteiger partial charge in [0.05, 0.1) is 6.54 Å². The summed E-state index contributed by atoms with van der Waals surface area (Å²) >= 11 is 0. The first kappa shape index (κ1) is 16.3. The van der Waals surface area contributed by atoms with Gasteiger partial charge in [-0.15, -0.1) is 0 Å². The zero-order valence-electron chi connectivity index (χ0n) is 13.3. The van der Waals surface area contributed by atoms with Gasteiger partial charge in [0.1, 0.15) is 0 Å². The molecule has 3 aromatic rings. The number of fused-ring (bicyclic) bond motifs is 1. The maximum atomic E-state index is 11.9. The molecular weight excluding hydrogens is 322 g/mol. The fourth-order valence-electron chi connectivity index (χ4n) is 2.45. The standard InChI is InChI=1S/C18H19N3O2S/c1-24(23)16-8-6-13(7-9-16)11-19-18(22)20-12-15-10-14-4-2-3-5-17(14)21-15/h2-10,21H,11-12H2,1H3,(H2,19,20,22). The molecule has 1 aromatic heterocycles. The van der Waals surface area contributed by atoms with Gasteiger partial charge in [0.2, 0.25) is 0 Å². The van der Waals surface area contributed by atoms with Crippen molar-refractivity contribution < 1.29 is 9.00 Å². The molecule has 1 atom stereocenters. The number of amides is 2. The van der Waals surface area contributed by atoms with Crippen molar-refractivity contribution in [2.45, 2.75) is 18.0 Å². The number of para-hydroxylation sites is 1. The maximum absolute atomic E-state index is 11.9. The van der Waals surface area contributed by atoms with Gasteiger partial charge in [-0.2, -0.15) is 0 Å². The number of aromatic nitrogens is 1. The molecule has 0 aliphatic carbocycles. The topological polar surface area (TPSA) is 74.0 Å². The summed E-state index contributed by atoms with van der Waals surface area (Å²) in [7, 11) is -0.984. The highest BCUT2D eigenvalue weighted by Crippen LogP contribution is 2.14. The molecule has 1 heterocycles. The second-order valence-corrected chi connectivity index (χ2v) is 6.90. The number of rotatable bonds is 5. The first-order valence-electron chi connectivity index (χ1n) is 7.62. The van der Waals surface area contributed by atoms with Gasteiger partial charge in [0, 0.05) is 39.7 Å². The summed E-state index contributed by atoms with van der Waals surface area (Å²) in [6, 6.07) is 17.2. The SMILES string of the molecule is CS(=O)c1ccc(CNC(=O)NCc2cc3ccccc3[nH]2)cc1. The Hall–Kier alpha value is -2.60. The molecule has 124 valence electrons. The summed E-state index contributed by atoms with van der Waals surface area (Å²) in [5.74, 6) is 0. The molecule has 0 saturated heterocycles. The van der Waals surface area contributed by atoms with Crippen molar-refractivity contribution in [2.24, 2.45) is 0 Å². The highest BCUT2D eigenvalue weighted by Gasteiger charge is 2.04. The minimum atomic E-state index is -0.984. The molecule has 3 rings (SSSR count). The molecule has 0 fully saturated rings. The van der Waals surface area contributed by atoms with E-state index in [0.29, 0.717) is 13.1 Å². The molecule has 0 aliphatic rings. The van der Waals surface area contributed by atoms with Crippen LogP contribution in [0.1, 0.15) is 11.3 Å². The minimum absolute atomic E-state index is 0.225. The van der Waals surface area contributed by atoms with E-state index in [1.165, 1.54) is 0 Å². The minimum Gasteiger partial charge on any atom is -0.357 e. The predicted molar refractivity (Wildman–Crippen MR) is 96.1 cm³/mol. The van der Waals surface area contributed by atoms with E-state index in [1.54, 1.807) is 6.26 Å². The van der Waals surface area contributed by atoms with Gasteiger partial charge >= 0.3 is 6.03 Å². The first-order valence-corrected chi connectivity index (χ1v) is 9.18. The highest BCUT2D eigenvalue weighted by molar-refractivity contribution is 7.84. The summed E-state index contributed by atoms with van der Waals surface area (Å²) in [5, 5.41) is 6.77. The molecule has 0 radical (unpaired) electrons. The van der Waals surface area contributed by atoms with Crippen LogP contribution in [0, 0.1) is 0 Å². The van der Waals surface area contributed by atoms with Crippen LogP contribution in [0.2, 0.25) is 0 Å². The van der Waals surface area contributed by atoms with Gasteiger partial charge in [-0.1, -0.05) is 30.3 Å². The van der Waals surface area contributed by atoms with Crippen LogP contribution in [0.25, 0.3) is 10.9 Å². The number of urea groups is 1. The third kappa shape index (κ3) is 4.02. The van der Waals surface area contributed by atoms with Crippen LogP contribution >= 0.6 is 0 Å². The van der Waals surface area contributed by atoms with Crippen molar-refractivity contribution in [2.75, 3.05) is 6.26 Å². The molecule has 24 heavy (non-hydrogen) atoms. The molecule has 2 amide bonds. The van der Waals surface area contributed by atoms with Crippen LogP contribution < -0.4 is 10.6 Å². The van der Waals surface area contributed by atoms with Crippen molar-refractivity contribution >= 4 is 27.7 Å². The summed E-state index contributed by atoms with van der Waals surface area (Å²) in [6.45, 7) is 0.865. The average Bonchev–Trinajstić information content (AvgIpc) is 3.01.